The summed E-state index contributed by atoms with van der Waals surface area (Å²) < 4.78 is 42.5. The lowest BCUT2D eigenvalue weighted by molar-refractivity contribution is -0.143. The molecule has 0 radical (unpaired) electrons. The van der Waals surface area contributed by atoms with Gasteiger partial charge in [-0.1, -0.05) is 19.9 Å². The summed E-state index contributed by atoms with van der Waals surface area (Å²) in [6.07, 6.45) is -4.20. The lowest BCUT2D eigenvalue weighted by Crippen LogP contribution is -2.42. The van der Waals surface area contributed by atoms with Gasteiger partial charge < -0.3 is 10.1 Å². The third-order valence-corrected chi connectivity index (χ3v) is 2.95. The quantitative estimate of drug-likeness (QED) is 0.849. The second-order valence-corrected chi connectivity index (χ2v) is 5.26. The number of carbonyl (C=O) groups is 2. The van der Waals surface area contributed by atoms with Crippen molar-refractivity contribution in [1.82, 2.24) is 5.32 Å². The van der Waals surface area contributed by atoms with Crippen LogP contribution in [-0.4, -0.2) is 25.0 Å². The average molecular weight is 317 g/mol. The van der Waals surface area contributed by atoms with Crippen molar-refractivity contribution in [1.29, 1.82) is 0 Å². The van der Waals surface area contributed by atoms with Crippen LogP contribution in [0, 0.1) is 5.92 Å². The molecule has 0 aliphatic carbocycles. The fraction of sp³-hybridized carbons (Fsp3) is 0.467. The van der Waals surface area contributed by atoms with Crippen molar-refractivity contribution < 1.29 is 27.5 Å². The van der Waals surface area contributed by atoms with Gasteiger partial charge in [-0.25, -0.2) is 4.79 Å². The van der Waals surface area contributed by atoms with E-state index < -0.39 is 29.7 Å². The molecule has 1 aromatic carbocycles. The first kappa shape index (κ1) is 18.0. The van der Waals surface area contributed by atoms with Gasteiger partial charge in [-0.2, -0.15) is 13.2 Å². The molecule has 4 nitrogen and oxygen atoms in total. The Labute approximate surface area is 126 Å². The SMILES string of the molecule is COC(=O)[C@H](CC(C)C)NC(=O)c1cccc(C(F)(F)F)c1. The summed E-state index contributed by atoms with van der Waals surface area (Å²) in [6, 6.07) is 3.13. The van der Waals surface area contributed by atoms with E-state index in [4.69, 9.17) is 0 Å². The molecule has 0 aromatic heterocycles. The first-order valence-corrected chi connectivity index (χ1v) is 6.71. The fourth-order valence-corrected chi connectivity index (χ4v) is 1.91. The van der Waals surface area contributed by atoms with Crippen molar-refractivity contribution in [2.45, 2.75) is 32.5 Å². The minimum atomic E-state index is -4.53. The molecule has 0 saturated carbocycles. The van der Waals surface area contributed by atoms with E-state index in [2.05, 4.69) is 10.1 Å². The van der Waals surface area contributed by atoms with Gasteiger partial charge in [-0.05, 0) is 30.5 Å². The molecule has 0 bridgehead atoms. The van der Waals surface area contributed by atoms with Gasteiger partial charge in [0.1, 0.15) is 6.04 Å². The van der Waals surface area contributed by atoms with Crippen LogP contribution in [0.4, 0.5) is 13.2 Å². The molecule has 0 spiro atoms. The van der Waals surface area contributed by atoms with Crippen LogP contribution in [0.15, 0.2) is 24.3 Å². The third kappa shape index (κ3) is 5.05. The Morgan fingerprint density at radius 3 is 2.41 bits per heavy atom. The molecule has 1 N–H and O–H groups in total. The molecule has 22 heavy (non-hydrogen) atoms. The minimum absolute atomic E-state index is 0.103. The van der Waals surface area contributed by atoms with Gasteiger partial charge in [0.25, 0.3) is 5.91 Å². The van der Waals surface area contributed by atoms with Crippen LogP contribution in [-0.2, 0) is 15.7 Å². The Morgan fingerprint density at radius 1 is 1.27 bits per heavy atom. The van der Waals surface area contributed by atoms with Crippen LogP contribution in [0.25, 0.3) is 0 Å². The number of nitrogens with one attached hydrogen (secondary N) is 1. The zero-order valence-electron chi connectivity index (χ0n) is 12.5. The van der Waals surface area contributed by atoms with E-state index in [0.717, 1.165) is 18.2 Å². The molecule has 7 heteroatoms. The summed E-state index contributed by atoms with van der Waals surface area (Å²) in [4.78, 5) is 23.7. The number of amides is 1. The maximum Gasteiger partial charge on any atom is 0.416 e. The van der Waals surface area contributed by atoms with Gasteiger partial charge in [-0.3, -0.25) is 4.79 Å². The van der Waals surface area contributed by atoms with E-state index >= 15 is 0 Å². The molecule has 0 heterocycles. The molecule has 122 valence electrons. The number of hydrogen-bond acceptors (Lipinski definition) is 3. The number of alkyl halides is 3. The number of ether oxygens (including phenoxy) is 1. The largest absolute Gasteiger partial charge is 0.467 e. The van der Waals surface area contributed by atoms with Crippen LogP contribution in [0.2, 0.25) is 0 Å². The number of esters is 1. The summed E-state index contributed by atoms with van der Waals surface area (Å²) in [5.74, 6) is -1.28. The van der Waals surface area contributed by atoms with Crippen LogP contribution in [0.1, 0.15) is 36.2 Å². The number of hydrogen-bond donors (Lipinski definition) is 1. The molecule has 0 aliphatic rings. The Morgan fingerprint density at radius 2 is 1.91 bits per heavy atom. The summed E-state index contributed by atoms with van der Waals surface area (Å²) in [5, 5.41) is 2.41. The van der Waals surface area contributed by atoms with Gasteiger partial charge in [-0.15, -0.1) is 0 Å². The fourth-order valence-electron chi connectivity index (χ4n) is 1.91. The Balaban J connectivity index is 2.93. The van der Waals surface area contributed by atoms with Crippen LogP contribution < -0.4 is 5.32 Å². The first-order chi connectivity index (χ1) is 10.1. The highest BCUT2D eigenvalue weighted by molar-refractivity contribution is 5.96. The highest BCUT2D eigenvalue weighted by Crippen LogP contribution is 2.29. The molecule has 1 aromatic rings. The van der Waals surface area contributed by atoms with Crippen molar-refractivity contribution >= 4 is 11.9 Å². The minimum Gasteiger partial charge on any atom is -0.467 e. The first-order valence-electron chi connectivity index (χ1n) is 6.71. The second-order valence-electron chi connectivity index (χ2n) is 5.26. The average Bonchev–Trinajstić information content (AvgIpc) is 2.44. The summed E-state index contributed by atoms with van der Waals surface area (Å²) in [6.45, 7) is 3.71. The van der Waals surface area contributed by atoms with E-state index in [-0.39, 0.29) is 11.5 Å². The maximum atomic E-state index is 12.6. The van der Waals surface area contributed by atoms with Crippen molar-refractivity contribution in [3.8, 4) is 0 Å². The topological polar surface area (TPSA) is 55.4 Å². The van der Waals surface area contributed by atoms with E-state index in [1.807, 2.05) is 13.8 Å². The lowest BCUT2D eigenvalue weighted by Gasteiger charge is -2.18. The number of methoxy groups -OCH3 is 1. The second kappa shape index (κ2) is 7.29. The number of carbonyl (C=O) groups excluding carboxylic acids is 2. The highest BCUT2D eigenvalue weighted by Gasteiger charge is 2.31. The predicted molar refractivity (Wildman–Crippen MR) is 74.2 cm³/mol. The molecule has 0 unspecified atom stereocenters. The Hall–Kier alpha value is -2.05. The van der Waals surface area contributed by atoms with Gasteiger partial charge in [0, 0.05) is 5.56 Å². The highest BCUT2D eigenvalue weighted by atomic mass is 19.4. The zero-order valence-corrected chi connectivity index (χ0v) is 12.5. The molecule has 0 saturated heterocycles. The van der Waals surface area contributed by atoms with E-state index in [0.29, 0.717) is 6.42 Å². The molecular formula is C15H18F3NO3. The van der Waals surface area contributed by atoms with Crippen LogP contribution >= 0.6 is 0 Å². The predicted octanol–water partition coefficient (Wildman–Crippen LogP) is 3.02. The molecule has 1 rings (SSSR count). The van der Waals surface area contributed by atoms with E-state index in [9.17, 15) is 22.8 Å². The molecular weight excluding hydrogens is 299 g/mol. The van der Waals surface area contributed by atoms with Gasteiger partial charge in [0.2, 0.25) is 0 Å². The van der Waals surface area contributed by atoms with E-state index in [1.165, 1.54) is 13.2 Å². The van der Waals surface area contributed by atoms with Crippen molar-refractivity contribution in [3.05, 3.63) is 35.4 Å². The number of rotatable bonds is 5. The lowest BCUT2D eigenvalue weighted by atomic mass is 10.0. The summed E-state index contributed by atoms with van der Waals surface area (Å²) >= 11 is 0. The van der Waals surface area contributed by atoms with Crippen molar-refractivity contribution in [2.24, 2.45) is 5.92 Å². The van der Waals surface area contributed by atoms with Gasteiger partial charge >= 0.3 is 12.1 Å². The molecule has 0 fully saturated rings. The van der Waals surface area contributed by atoms with Crippen molar-refractivity contribution in [2.75, 3.05) is 7.11 Å². The Bertz CT molecular complexity index is 541. The molecule has 1 amide bonds. The summed E-state index contributed by atoms with van der Waals surface area (Å²) in [5.41, 5.74) is -1.08. The Kier molecular flexibility index (Phi) is 5.96. The molecule has 1 atom stereocenters. The van der Waals surface area contributed by atoms with E-state index in [1.54, 1.807) is 0 Å². The molecule has 0 aliphatic heterocycles. The van der Waals surface area contributed by atoms with Gasteiger partial charge in [0.15, 0.2) is 0 Å². The number of benzene rings is 1. The standard InChI is InChI=1S/C15H18F3NO3/c1-9(2)7-12(14(21)22-3)19-13(20)10-5-4-6-11(8-10)15(16,17)18/h4-6,8-9,12H,7H2,1-3H3,(H,19,20)/t12-/m0/s1. The monoisotopic (exact) mass is 317 g/mol. The summed E-state index contributed by atoms with van der Waals surface area (Å²) in [7, 11) is 1.19. The zero-order chi connectivity index (χ0) is 16.9. The maximum absolute atomic E-state index is 12.6. The number of halogens is 3. The van der Waals surface area contributed by atoms with Crippen molar-refractivity contribution in [3.63, 3.8) is 0 Å². The van der Waals surface area contributed by atoms with Crippen LogP contribution in [0.3, 0.4) is 0 Å². The smallest absolute Gasteiger partial charge is 0.416 e. The van der Waals surface area contributed by atoms with Gasteiger partial charge in [0.05, 0.1) is 12.7 Å². The normalized spacial score (nSPS) is 12.9. The van der Waals surface area contributed by atoms with Crippen LogP contribution in [0.5, 0.6) is 0 Å². The third-order valence-electron chi connectivity index (χ3n) is 2.95.